The molecule has 0 fully saturated rings. The summed E-state index contributed by atoms with van der Waals surface area (Å²) in [5, 5.41) is 10.1. The molecule has 0 unspecified atom stereocenters. The topological polar surface area (TPSA) is 53.9 Å². The highest BCUT2D eigenvalue weighted by Crippen LogP contribution is 2.47. The van der Waals surface area contributed by atoms with Crippen LogP contribution in [0.25, 0.3) is 36.8 Å². The minimum Gasteiger partial charge on any atom is -0.236 e. The highest BCUT2D eigenvalue weighted by molar-refractivity contribution is 7.29. The number of hydrogen-bond acceptors (Lipinski definition) is 6. The normalized spacial score (nSPS) is 12.1. The van der Waals surface area contributed by atoms with Crippen molar-refractivity contribution in [2.75, 3.05) is 0 Å². The molecule has 0 aliphatic heterocycles. The summed E-state index contributed by atoms with van der Waals surface area (Å²) in [6.07, 6.45) is 0. The lowest BCUT2D eigenvalue weighted by Crippen LogP contribution is -2.34. The van der Waals surface area contributed by atoms with Gasteiger partial charge in [0, 0.05) is 20.9 Å². The van der Waals surface area contributed by atoms with Crippen LogP contribution in [0, 0.1) is 17.9 Å². The molecule has 0 bridgehead atoms. The van der Waals surface area contributed by atoms with Crippen molar-refractivity contribution in [2.24, 2.45) is 0 Å². The van der Waals surface area contributed by atoms with Crippen molar-refractivity contribution in [3.8, 4) is 27.0 Å². The molecule has 1 aromatic carbocycles. The van der Waals surface area contributed by atoms with Crippen LogP contribution in [0.2, 0.25) is 39.3 Å². The summed E-state index contributed by atoms with van der Waals surface area (Å²) in [6, 6.07) is 10.8. The van der Waals surface area contributed by atoms with Gasteiger partial charge in [-0.25, -0.2) is 4.85 Å². The first-order chi connectivity index (χ1) is 14.6. The molecule has 0 radical (unpaired) electrons. The van der Waals surface area contributed by atoms with E-state index in [1.54, 1.807) is 22.7 Å². The van der Waals surface area contributed by atoms with Crippen molar-refractivity contribution in [1.29, 1.82) is 5.26 Å². The van der Waals surface area contributed by atoms with E-state index in [-0.39, 0.29) is 0 Å². The fourth-order valence-electron chi connectivity index (χ4n) is 3.44. The van der Waals surface area contributed by atoms with Gasteiger partial charge in [-0.2, -0.15) is 14.0 Å². The largest absolute Gasteiger partial charge is 0.236 e. The van der Waals surface area contributed by atoms with Gasteiger partial charge in [0.25, 0.3) is 0 Å². The van der Waals surface area contributed by atoms with Crippen LogP contribution in [-0.4, -0.2) is 24.9 Å². The standard InChI is InChI=1S/C22H22N4S3Si2/c1-24-20-13(12-23)18(14-8-10-16(27-14)30(2,3)4)21-22(26-29-25-21)19(20)15-9-11-17(28-15)31(5,6)7/h8-11H,2-7H3. The molecule has 0 saturated heterocycles. The van der Waals surface area contributed by atoms with E-state index in [4.69, 9.17) is 6.57 Å². The van der Waals surface area contributed by atoms with Crippen molar-refractivity contribution in [2.45, 2.75) is 39.3 Å². The maximum Gasteiger partial charge on any atom is 0.216 e. The van der Waals surface area contributed by atoms with Crippen molar-refractivity contribution in [3.05, 3.63) is 41.2 Å². The summed E-state index contributed by atoms with van der Waals surface area (Å²) in [5.41, 5.74) is 3.79. The van der Waals surface area contributed by atoms with E-state index < -0.39 is 16.1 Å². The molecule has 0 N–H and O–H groups in total. The van der Waals surface area contributed by atoms with Gasteiger partial charge in [-0.15, -0.1) is 22.7 Å². The molecular formula is C22H22N4S3Si2. The number of benzene rings is 1. The Hall–Kier alpha value is -2.15. The van der Waals surface area contributed by atoms with Crippen LogP contribution in [0.4, 0.5) is 5.69 Å². The SMILES string of the molecule is [C-]#[N+]c1c(C#N)c(-c2ccc([Si](C)(C)C)s2)c2nsnc2c1-c1ccc([Si](C)(C)C)s1. The van der Waals surface area contributed by atoms with Crippen LogP contribution >= 0.6 is 34.4 Å². The summed E-state index contributed by atoms with van der Waals surface area (Å²) in [5.74, 6) is 0. The van der Waals surface area contributed by atoms with Crippen LogP contribution in [0.1, 0.15) is 5.56 Å². The smallest absolute Gasteiger partial charge is 0.216 e. The number of rotatable bonds is 4. The van der Waals surface area contributed by atoms with E-state index in [9.17, 15) is 5.26 Å². The molecule has 0 aliphatic carbocycles. The quantitative estimate of drug-likeness (QED) is 0.235. The number of aromatic nitrogens is 2. The molecule has 0 amide bonds. The summed E-state index contributed by atoms with van der Waals surface area (Å²) in [4.78, 5) is 5.85. The molecule has 0 aliphatic rings. The number of nitrogens with zero attached hydrogens (tertiary/aromatic N) is 4. The Morgan fingerprint density at radius 3 is 1.74 bits per heavy atom. The van der Waals surface area contributed by atoms with Crippen molar-refractivity contribution in [1.82, 2.24) is 8.75 Å². The zero-order chi connectivity index (χ0) is 22.6. The van der Waals surface area contributed by atoms with E-state index >= 15 is 0 Å². The second-order valence-corrected chi connectivity index (χ2v) is 23.0. The Morgan fingerprint density at radius 1 is 0.839 bits per heavy atom. The molecule has 31 heavy (non-hydrogen) atoms. The third kappa shape index (κ3) is 3.82. The van der Waals surface area contributed by atoms with Crippen molar-refractivity contribution >= 4 is 76.3 Å². The van der Waals surface area contributed by atoms with Gasteiger partial charge in [-0.05, 0) is 21.1 Å². The summed E-state index contributed by atoms with van der Waals surface area (Å²) >= 11 is 4.59. The number of nitriles is 1. The zero-order valence-electron chi connectivity index (χ0n) is 18.3. The lowest BCUT2D eigenvalue weighted by atomic mass is 9.97. The second-order valence-electron chi connectivity index (χ2n) is 9.49. The Morgan fingerprint density at radius 2 is 1.32 bits per heavy atom. The van der Waals surface area contributed by atoms with Crippen molar-refractivity contribution < 1.29 is 0 Å². The third-order valence-electron chi connectivity index (χ3n) is 5.09. The lowest BCUT2D eigenvalue weighted by molar-refractivity contribution is 1.49. The van der Waals surface area contributed by atoms with Gasteiger partial charge in [0.05, 0.1) is 46.1 Å². The van der Waals surface area contributed by atoms with E-state index in [1.165, 1.54) is 9.00 Å². The van der Waals surface area contributed by atoms with Gasteiger partial charge in [0.2, 0.25) is 5.69 Å². The fraction of sp³-hybridized carbons (Fsp3) is 0.273. The number of thiophene rings is 2. The van der Waals surface area contributed by atoms with Gasteiger partial charge in [-0.3, -0.25) is 0 Å². The molecule has 4 nitrogen and oxygen atoms in total. The average molecular weight is 495 g/mol. The molecule has 0 spiro atoms. The van der Waals surface area contributed by atoms with E-state index in [2.05, 4.69) is 83.2 Å². The minimum atomic E-state index is -1.48. The molecule has 4 aromatic rings. The van der Waals surface area contributed by atoms with Gasteiger partial charge in [0.15, 0.2) is 0 Å². The fourth-order valence-corrected chi connectivity index (χ4v) is 9.89. The highest BCUT2D eigenvalue weighted by atomic mass is 32.1. The summed E-state index contributed by atoms with van der Waals surface area (Å²) in [6.45, 7) is 21.8. The van der Waals surface area contributed by atoms with Gasteiger partial charge in [-0.1, -0.05) is 51.4 Å². The Balaban J connectivity index is 2.05. The average Bonchev–Trinajstić information content (AvgIpc) is 3.44. The molecule has 0 atom stereocenters. The maximum absolute atomic E-state index is 10.1. The Bertz CT molecular complexity index is 1280. The number of hydrogen-bond donors (Lipinski definition) is 0. The monoisotopic (exact) mass is 494 g/mol. The second kappa shape index (κ2) is 7.77. The van der Waals surface area contributed by atoms with Crippen molar-refractivity contribution in [3.63, 3.8) is 0 Å². The minimum absolute atomic E-state index is 0.393. The van der Waals surface area contributed by atoms with Gasteiger partial charge >= 0.3 is 0 Å². The molecule has 0 saturated carbocycles. The molecule has 9 heteroatoms. The predicted octanol–water partition coefficient (Wildman–Crippen LogP) is 6.66. The Kier molecular flexibility index (Phi) is 5.53. The Labute approximate surface area is 197 Å². The maximum atomic E-state index is 10.1. The van der Waals surface area contributed by atoms with Crippen LogP contribution in [0.3, 0.4) is 0 Å². The first kappa shape index (κ1) is 22.1. The van der Waals surface area contributed by atoms with Crippen LogP contribution < -0.4 is 9.00 Å². The van der Waals surface area contributed by atoms with Gasteiger partial charge in [0.1, 0.15) is 11.0 Å². The van der Waals surface area contributed by atoms with E-state index in [1.807, 2.05) is 0 Å². The van der Waals surface area contributed by atoms with E-state index in [0.29, 0.717) is 11.3 Å². The molecular weight excluding hydrogens is 473 g/mol. The lowest BCUT2D eigenvalue weighted by Gasteiger charge is -2.14. The predicted molar refractivity (Wildman–Crippen MR) is 141 cm³/mol. The first-order valence-electron chi connectivity index (χ1n) is 9.87. The summed E-state index contributed by atoms with van der Waals surface area (Å²) in [7, 11) is -2.95. The first-order valence-corrected chi connectivity index (χ1v) is 19.2. The third-order valence-corrected chi connectivity index (χ3v) is 15.0. The van der Waals surface area contributed by atoms with E-state index in [0.717, 1.165) is 43.6 Å². The molecule has 4 rings (SSSR count). The molecule has 3 aromatic heterocycles. The molecule has 3 heterocycles. The van der Waals surface area contributed by atoms with Crippen LogP contribution in [0.5, 0.6) is 0 Å². The van der Waals surface area contributed by atoms with Crippen LogP contribution in [0.15, 0.2) is 24.3 Å². The van der Waals surface area contributed by atoms with Gasteiger partial charge < -0.3 is 0 Å². The highest BCUT2D eigenvalue weighted by Gasteiger charge is 2.28. The molecule has 156 valence electrons. The summed E-state index contributed by atoms with van der Waals surface area (Å²) < 4.78 is 11.9. The zero-order valence-corrected chi connectivity index (χ0v) is 22.8. The number of fused-ring (bicyclic) bond motifs is 1. The van der Waals surface area contributed by atoms with Crippen LogP contribution in [-0.2, 0) is 0 Å².